The Labute approximate surface area is 155 Å². The van der Waals surface area contributed by atoms with Crippen molar-refractivity contribution < 1.29 is 9.53 Å². The Hall–Kier alpha value is -2.49. The number of ether oxygens (including phenoxy) is 1. The molecular formula is C22H26N2O2. The first-order chi connectivity index (χ1) is 12.6. The first kappa shape index (κ1) is 17.0. The van der Waals surface area contributed by atoms with Crippen LogP contribution in [0.4, 0.5) is 5.69 Å². The molecule has 4 nitrogen and oxygen atoms in total. The highest BCUT2D eigenvalue weighted by Gasteiger charge is 2.40. The number of hydrogen-bond acceptors (Lipinski definition) is 3. The van der Waals surface area contributed by atoms with Gasteiger partial charge in [-0.15, -0.1) is 0 Å². The molecular weight excluding hydrogens is 324 g/mol. The minimum atomic E-state index is -0.101. The maximum Gasteiger partial charge on any atom is 0.253 e. The molecule has 2 heterocycles. The Balaban J connectivity index is 1.44. The maximum absolute atomic E-state index is 12.9. The maximum atomic E-state index is 12.9. The highest BCUT2D eigenvalue weighted by atomic mass is 16.5. The summed E-state index contributed by atoms with van der Waals surface area (Å²) >= 11 is 0. The van der Waals surface area contributed by atoms with Gasteiger partial charge in [-0.3, -0.25) is 4.79 Å². The summed E-state index contributed by atoms with van der Waals surface area (Å²) in [5, 5.41) is 0. The number of fused-ring (bicyclic) bond motifs is 1. The summed E-state index contributed by atoms with van der Waals surface area (Å²) in [5.41, 5.74) is 3.02. The lowest BCUT2D eigenvalue weighted by Gasteiger charge is -2.44. The molecule has 1 saturated heterocycles. The smallest absolute Gasteiger partial charge is 0.253 e. The van der Waals surface area contributed by atoms with Crippen LogP contribution in [0, 0.1) is 0 Å². The SMILES string of the molecule is CN(C)c1cccc(C(=O)N2CCC3(CCc4ccccc4O3)CC2)c1. The van der Waals surface area contributed by atoms with Crippen LogP contribution in [0.25, 0.3) is 0 Å². The minimum absolute atomic E-state index is 0.101. The second-order valence-corrected chi connectivity index (χ2v) is 7.63. The van der Waals surface area contributed by atoms with Gasteiger partial charge >= 0.3 is 0 Å². The third kappa shape index (κ3) is 3.16. The van der Waals surface area contributed by atoms with E-state index in [0.717, 1.165) is 55.8 Å². The molecule has 2 aliphatic heterocycles. The minimum Gasteiger partial charge on any atom is -0.487 e. The van der Waals surface area contributed by atoms with Crippen molar-refractivity contribution in [1.82, 2.24) is 4.90 Å². The number of likely N-dealkylation sites (tertiary alicyclic amines) is 1. The van der Waals surface area contributed by atoms with Crippen molar-refractivity contribution in [2.24, 2.45) is 0 Å². The Morgan fingerprint density at radius 2 is 1.81 bits per heavy atom. The largest absolute Gasteiger partial charge is 0.487 e. The van der Waals surface area contributed by atoms with Crippen LogP contribution in [0.3, 0.4) is 0 Å². The number of carbonyl (C=O) groups excluding carboxylic acids is 1. The lowest BCUT2D eigenvalue weighted by atomic mass is 9.83. The van der Waals surface area contributed by atoms with Gasteiger partial charge in [0.2, 0.25) is 0 Å². The molecule has 2 aromatic carbocycles. The number of aryl methyl sites for hydroxylation is 1. The van der Waals surface area contributed by atoms with E-state index in [0.29, 0.717) is 0 Å². The summed E-state index contributed by atoms with van der Waals surface area (Å²) in [4.78, 5) is 16.9. The van der Waals surface area contributed by atoms with Crippen LogP contribution in [0.1, 0.15) is 35.2 Å². The molecule has 26 heavy (non-hydrogen) atoms. The predicted octanol–water partition coefficient (Wildman–Crippen LogP) is 3.75. The molecule has 0 atom stereocenters. The monoisotopic (exact) mass is 350 g/mol. The molecule has 0 radical (unpaired) electrons. The molecule has 0 unspecified atom stereocenters. The summed E-state index contributed by atoms with van der Waals surface area (Å²) in [6, 6.07) is 16.2. The zero-order valence-electron chi connectivity index (χ0n) is 15.6. The van der Waals surface area contributed by atoms with Crippen LogP contribution in [-0.2, 0) is 6.42 Å². The molecule has 0 aliphatic carbocycles. The van der Waals surface area contributed by atoms with E-state index < -0.39 is 0 Å². The third-order valence-corrected chi connectivity index (χ3v) is 5.72. The van der Waals surface area contributed by atoms with Crippen LogP contribution >= 0.6 is 0 Å². The van der Waals surface area contributed by atoms with Crippen LogP contribution in [0.5, 0.6) is 5.75 Å². The average Bonchev–Trinajstić information content (AvgIpc) is 2.68. The Bertz CT molecular complexity index is 807. The zero-order chi connectivity index (χ0) is 18.1. The quantitative estimate of drug-likeness (QED) is 0.827. The second-order valence-electron chi connectivity index (χ2n) is 7.63. The molecule has 1 fully saturated rings. The van der Waals surface area contributed by atoms with Crippen LogP contribution < -0.4 is 9.64 Å². The third-order valence-electron chi connectivity index (χ3n) is 5.72. The lowest BCUT2D eigenvalue weighted by Crippen LogP contribution is -2.51. The average molecular weight is 350 g/mol. The number of piperidine rings is 1. The van der Waals surface area contributed by atoms with Gasteiger partial charge in [-0.2, -0.15) is 0 Å². The molecule has 2 aliphatic rings. The van der Waals surface area contributed by atoms with Crippen molar-refractivity contribution in [3.63, 3.8) is 0 Å². The first-order valence-electron chi connectivity index (χ1n) is 9.40. The van der Waals surface area contributed by atoms with Gasteiger partial charge in [0.25, 0.3) is 5.91 Å². The molecule has 0 bridgehead atoms. The van der Waals surface area contributed by atoms with Gasteiger partial charge in [-0.25, -0.2) is 0 Å². The van der Waals surface area contributed by atoms with Gasteiger partial charge in [0.1, 0.15) is 11.4 Å². The van der Waals surface area contributed by atoms with Gasteiger partial charge in [0.15, 0.2) is 0 Å². The van der Waals surface area contributed by atoms with Crippen molar-refractivity contribution in [2.75, 3.05) is 32.1 Å². The van der Waals surface area contributed by atoms with Gasteiger partial charge in [-0.05, 0) is 42.7 Å². The van der Waals surface area contributed by atoms with Gasteiger partial charge in [-0.1, -0.05) is 24.3 Å². The fourth-order valence-corrected chi connectivity index (χ4v) is 4.03. The van der Waals surface area contributed by atoms with Crippen LogP contribution in [0.2, 0.25) is 0 Å². The molecule has 4 heteroatoms. The number of nitrogens with zero attached hydrogens (tertiary/aromatic N) is 2. The normalized spacial score (nSPS) is 18.2. The second kappa shape index (κ2) is 6.67. The van der Waals surface area contributed by atoms with Gasteiger partial charge in [0.05, 0.1) is 0 Å². The van der Waals surface area contributed by atoms with Crippen LogP contribution in [0.15, 0.2) is 48.5 Å². The Morgan fingerprint density at radius 3 is 2.58 bits per heavy atom. The van der Waals surface area contributed by atoms with E-state index in [-0.39, 0.29) is 11.5 Å². The predicted molar refractivity (Wildman–Crippen MR) is 104 cm³/mol. The van der Waals surface area contributed by atoms with E-state index >= 15 is 0 Å². The van der Waals surface area contributed by atoms with E-state index in [9.17, 15) is 4.79 Å². The Kier molecular flexibility index (Phi) is 4.35. The van der Waals surface area contributed by atoms with Crippen molar-refractivity contribution >= 4 is 11.6 Å². The molecule has 4 rings (SSSR count). The summed E-state index contributed by atoms with van der Waals surface area (Å²) in [5.74, 6) is 1.15. The number of amides is 1. The number of hydrogen-bond donors (Lipinski definition) is 0. The van der Waals surface area contributed by atoms with Crippen molar-refractivity contribution in [2.45, 2.75) is 31.3 Å². The summed E-state index contributed by atoms with van der Waals surface area (Å²) in [7, 11) is 3.99. The first-order valence-corrected chi connectivity index (χ1v) is 9.40. The summed E-state index contributed by atoms with van der Waals surface area (Å²) < 4.78 is 6.40. The van der Waals surface area contributed by atoms with E-state index in [1.54, 1.807) is 0 Å². The zero-order valence-corrected chi connectivity index (χ0v) is 15.6. The molecule has 136 valence electrons. The number of rotatable bonds is 2. The molecule has 2 aromatic rings. The van der Waals surface area contributed by atoms with Crippen molar-refractivity contribution in [3.05, 3.63) is 59.7 Å². The topological polar surface area (TPSA) is 32.8 Å². The number of para-hydroxylation sites is 1. The molecule has 1 spiro atoms. The highest BCUT2D eigenvalue weighted by Crippen LogP contribution is 2.39. The van der Waals surface area contributed by atoms with Crippen molar-refractivity contribution in [1.29, 1.82) is 0 Å². The fourth-order valence-electron chi connectivity index (χ4n) is 4.03. The van der Waals surface area contributed by atoms with E-state index in [4.69, 9.17) is 4.74 Å². The molecule has 0 aromatic heterocycles. The summed E-state index contributed by atoms with van der Waals surface area (Å²) in [6.45, 7) is 1.51. The standard InChI is InChI=1S/C22H26N2O2/c1-23(2)19-8-5-7-18(16-19)21(25)24-14-12-22(13-15-24)11-10-17-6-3-4-9-20(17)26-22/h3-9,16H,10-15H2,1-2H3. The number of anilines is 1. The molecule has 0 saturated carbocycles. The highest BCUT2D eigenvalue weighted by molar-refractivity contribution is 5.95. The van der Waals surface area contributed by atoms with E-state index in [2.05, 4.69) is 18.2 Å². The van der Waals surface area contributed by atoms with E-state index in [1.807, 2.05) is 54.2 Å². The van der Waals surface area contributed by atoms with Crippen molar-refractivity contribution in [3.8, 4) is 5.75 Å². The van der Waals surface area contributed by atoms with Gasteiger partial charge in [0, 0.05) is 51.3 Å². The summed E-state index contributed by atoms with van der Waals surface area (Å²) in [6.07, 6.45) is 3.91. The molecule has 1 amide bonds. The van der Waals surface area contributed by atoms with E-state index in [1.165, 1.54) is 5.56 Å². The number of carbonyl (C=O) groups is 1. The lowest BCUT2D eigenvalue weighted by molar-refractivity contribution is -0.0106. The number of benzene rings is 2. The van der Waals surface area contributed by atoms with Crippen LogP contribution in [-0.4, -0.2) is 43.6 Å². The molecule has 0 N–H and O–H groups in total. The van der Waals surface area contributed by atoms with Gasteiger partial charge < -0.3 is 14.5 Å². The Morgan fingerprint density at radius 1 is 1.04 bits per heavy atom. The fraction of sp³-hybridized carbons (Fsp3) is 0.409.